The number of hydrogen-bond donors (Lipinski definition) is 2. The Morgan fingerprint density at radius 2 is 1.83 bits per heavy atom. The molecule has 4 nitrogen and oxygen atoms in total. The van der Waals surface area contributed by atoms with Crippen LogP contribution >= 0.6 is 0 Å². The second kappa shape index (κ2) is 5.20. The lowest BCUT2D eigenvalue weighted by molar-refractivity contribution is 0.0528. The molecule has 2 aromatic rings. The first-order chi connectivity index (χ1) is 8.65. The van der Waals surface area contributed by atoms with E-state index in [0.29, 0.717) is 28.4 Å². The van der Waals surface area contributed by atoms with E-state index in [4.69, 9.17) is 4.74 Å². The van der Waals surface area contributed by atoms with E-state index in [1.165, 1.54) is 0 Å². The molecule has 0 saturated carbocycles. The van der Waals surface area contributed by atoms with Crippen LogP contribution in [0.5, 0.6) is 0 Å². The van der Waals surface area contributed by atoms with E-state index in [1.54, 1.807) is 43.3 Å². The quantitative estimate of drug-likeness (QED) is 0.616. The van der Waals surface area contributed by atoms with Crippen LogP contribution in [0.1, 0.15) is 17.3 Å². The average molecular weight is 244 g/mol. The molecule has 0 heterocycles. The van der Waals surface area contributed by atoms with E-state index in [-0.39, 0.29) is 0 Å². The maximum Gasteiger partial charge on any atom is 0.489 e. The number of hydrogen-bond acceptors (Lipinski definition) is 4. The van der Waals surface area contributed by atoms with Gasteiger partial charge in [0.1, 0.15) is 0 Å². The minimum absolute atomic E-state index is 0.303. The molecular weight excluding hydrogens is 231 g/mol. The summed E-state index contributed by atoms with van der Waals surface area (Å²) in [5.74, 6) is -0.410. The molecule has 0 radical (unpaired) electrons. The summed E-state index contributed by atoms with van der Waals surface area (Å²) < 4.78 is 4.97. The molecule has 2 rings (SSSR count). The van der Waals surface area contributed by atoms with E-state index >= 15 is 0 Å². The van der Waals surface area contributed by atoms with Gasteiger partial charge in [-0.15, -0.1) is 0 Å². The molecule has 18 heavy (non-hydrogen) atoms. The van der Waals surface area contributed by atoms with E-state index in [1.807, 2.05) is 0 Å². The third-order valence-corrected chi connectivity index (χ3v) is 2.73. The molecule has 0 aliphatic rings. The van der Waals surface area contributed by atoms with Gasteiger partial charge in [-0.2, -0.15) is 0 Å². The minimum Gasteiger partial charge on any atom is -0.462 e. The van der Waals surface area contributed by atoms with Crippen LogP contribution in [0.2, 0.25) is 0 Å². The first kappa shape index (κ1) is 12.6. The van der Waals surface area contributed by atoms with Crippen molar-refractivity contribution in [2.24, 2.45) is 0 Å². The van der Waals surface area contributed by atoms with Crippen LogP contribution in [0.25, 0.3) is 10.8 Å². The van der Waals surface area contributed by atoms with Gasteiger partial charge in [0, 0.05) is 0 Å². The number of carbonyl (C=O) groups is 1. The van der Waals surface area contributed by atoms with Crippen LogP contribution in [0, 0.1) is 0 Å². The second-order valence-corrected chi connectivity index (χ2v) is 3.84. The smallest absolute Gasteiger partial charge is 0.462 e. The molecule has 0 saturated heterocycles. The monoisotopic (exact) mass is 244 g/mol. The molecule has 2 N–H and O–H groups in total. The highest BCUT2D eigenvalue weighted by atomic mass is 16.5. The fourth-order valence-electron chi connectivity index (χ4n) is 1.95. The molecule has 0 spiro atoms. The molecule has 0 aromatic heterocycles. The van der Waals surface area contributed by atoms with Crippen molar-refractivity contribution in [2.75, 3.05) is 6.61 Å². The molecular formula is C13H13BO4. The van der Waals surface area contributed by atoms with Crippen molar-refractivity contribution in [1.82, 2.24) is 0 Å². The summed E-state index contributed by atoms with van der Waals surface area (Å²) in [5, 5.41) is 19.9. The maximum atomic E-state index is 11.8. The van der Waals surface area contributed by atoms with E-state index in [0.717, 1.165) is 0 Å². The van der Waals surface area contributed by atoms with Gasteiger partial charge in [-0.1, -0.05) is 30.3 Å². The highest BCUT2D eigenvalue weighted by Crippen LogP contribution is 2.18. The highest BCUT2D eigenvalue weighted by molar-refractivity contribution is 6.62. The van der Waals surface area contributed by atoms with Crippen molar-refractivity contribution in [1.29, 1.82) is 0 Å². The third-order valence-electron chi connectivity index (χ3n) is 2.73. The Morgan fingerprint density at radius 3 is 2.50 bits per heavy atom. The zero-order chi connectivity index (χ0) is 13.1. The minimum atomic E-state index is -1.56. The second-order valence-electron chi connectivity index (χ2n) is 3.84. The first-order valence-electron chi connectivity index (χ1n) is 5.70. The normalized spacial score (nSPS) is 10.4. The standard InChI is InChI=1S/C13H13BO4/c1-2-18-13(15)11-7-3-6-10-9(11)5-4-8-12(10)14(16)17/h3-8,16-17H,2H2,1H3. The van der Waals surface area contributed by atoms with Crippen LogP contribution in [0.15, 0.2) is 36.4 Å². The van der Waals surface area contributed by atoms with Gasteiger partial charge in [-0.25, -0.2) is 4.79 Å². The summed E-state index contributed by atoms with van der Waals surface area (Å²) in [4.78, 5) is 11.8. The molecule has 2 aromatic carbocycles. The van der Waals surface area contributed by atoms with Crippen molar-refractivity contribution in [3.8, 4) is 0 Å². The number of esters is 1. The lowest BCUT2D eigenvalue weighted by atomic mass is 9.77. The Hall–Kier alpha value is -1.85. The zero-order valence-corrected chi connectivity index (χ0v) is 9.96. The van der Waals surface area contributed by atoms with Crippen LogP contribution < -0.4 is 5.46 Å². The average Bonchev–Trinajstić information content (AvgIpc) is 2.37. The van der Waals surface area contributed by atoms with Crippen molar-refractivity contribution in [2.45, 2.75) is 6.92 Å². The largest absolute Gasteiger partial charge is 0.489 e. The van der Waals surface area contributed by atoms with Crippen molar-refractivity contribution < 1.29 is 19.6 Å². The number of rotatable bonds is 3. The summed E-state index contributed by atoms with van der Waals surface area (Å²) in [6.45, 7) is 2.05. The molecule has 0 fully saturated rings. The Labute approximate surface area is 105 Å². The lowest BCUT2D eigenvalue weighted by Crippen LogP contribution is -2.30. The van der Waals surface area contributed by atoms with E-state index in [2.05, 4.69) is 0 Å². The predicted molar refractivity (Wildman–Crippen MR) is 69.7 cm³/mol. The van der Waals surface area contributed by atoms with Crippen molar-refractivity contribution >= 4 is 29.3 Å². The molecule has 0 bridgehead atoms. The van der Waals surface area contributed by atoms with Gasteiger partial charge in [-0.3, -0.25) is 0 Å². The van der Waals surface area contributed by atoms with Gasteiger partial charge in [0.05, 0.1) is 12.2 Å². The maximum absolute atomic E-state index is 11.8. The summed E-state index contributed by atoms with van der Waals surface area (Å²) in [6, 6.07) is 10.1. The fraction of sp³-hybridized carbons (Fsp3) is 0.154. The first-order valence-corrected chi connectivity index (χ1v) is 5.70. The van der Waals surface area contributed by atoms with Crippen LogP contribution in [-0.2, 0) is 4.74 Å². The fourth-order valence-corrected chi connectivity index (χ4v) is 1.95. The number of benzene rings is 2. The molecule has 0 aliphatic carbocycles. The van der Waals surface area contributed by atoms with E-state index < -0.39 is 13.1 Å². The third kappa shape index (κ3) is 2.23. The Balaban J connectivity index is 2.64. The molecule has 0 amide bonds. The zero-order valence-electron chi connectivity index (χ0n) is 9.96. The van der Waals surface area contributed by atoms with Crippen LogP contribution in [-0.4, -0.2) is 29.7 Å². The van der Waals surface area contributed by atoms with E-state index in [9.17, 15) is 14.8 Å². The van der Waals surface area contributed by atoms with Gasteiger partial charge in [0.15, 0.2) is 0 Å². The van der Waals surface area contributed by atoms with Crippen LogP contribution in [0.3, 0.4) is 0 Å². The lowest BCUT2D eigenvalue weighted by Gasteiger charge is -2.09. The van der Waals surface area contributed by atoms with Gasteiger partial charge in [0.25, 0.3) is 0 Å². The summed E-state index contributed by atoms with van der Waals surface area (Å²) in [7, 11) is -1.56. The number of fused-ring (bicyclic) bond motifs is 1. The topological polar surface area (TPSA) is 66.8 Å². The summed E-state index contributed by atoms with van der Waals surface area (Å²) in [6.07, 6.45) is 0. The predicted octanol–water partition coefficient (Wildman–Crippen LogP) is 0.696. The molecule has 0 aliphatic heterocycles. The molecule has 92 valence electrons. The molecule has 5 heteroatoms. The molecule has 0 atom stereocenters. The summed E-state index contributed by atoms with van der Waals surface area (Å²) >= 11 is 0. The Kier molecular flexibility index (Phi) is 3.65. The number of ether oxygens (including phenoxy) is 1. The highest BCUT2D eigenvalue weighted by Gasteiger charge is 2.17. The van der Waals surface area contributed by atoms with Gasteiger partial charge in [-0.05, 0) is 29.2 Å². The summed E-state index contributed by atoms with van der Waals surface area (Å²) in [5.41, 5.74) is 0.801. The SMILES string of the molecule is CCOC(=O)c1cccc2c(B(O)O)cccc12. The van der Waals surface area contributed by atoms with Crippen molar-refractivity contribution in [3.05, 3.63) is 42.0 Å². The molecule has 0 unspecified atom stereocenters. The van der Waals surface area contributed by atoms with Crippen LogP contribution in [0.4, 0.5) is 0 Å². The number of carbonyl (C=O) groups excluding carboxylic acids is 1. The Bertz CT molecular complexity index is 580. The van der Waals surface area contributed by atoms with Crippen molar-refractivity contribution in [3.63, 3.8) is 0 Å². The van der Waals surface area contributed by atoms with Gasteiger partial charge < -0.3 is 14.8 Å². The van der Waals surface area contributed by atoms with Gasteiger partial charge >= 0.3 is 13.1 Å². The van der Waals surface area contributed by atoms with Gasteiger partial charge in [0.2, 0.25) is 0 Å². The Morgan fingerprint density at radius 1 is 1.17 bits per heavy atom.